The molecule has 0 saturated carbocycles. The van der Waals surface area contributed by atoms with E-state index in [0.29, 0.717) is 25.6 Å². The van der Waals surface area contributed by atoms with Crippen molar-refractivity contribution >= 4 is 11.8 Å². The monoisotopic (exact) mass is 256 g/mol. The number of carbonyl (C=O) groups is 2. The van der Waals surface area contributed by atoms with Crippen LogP contribution in [0.3, 0.4) is 0 Å². The molecule has 1 heterocycles. The molecule has 0 aliphatic carbocycles. The molecule has 2 atom stereocenters. The molecule has 0 aromatic rings. The van der Waals surface area contributed by atoms with Crippen LogP contribution in [0.5, 0.6) is 0 Å². The van der Waals surface area contributed by atoms with E-state index in [4.69, 9.17) is 10.5 Å². The lowest BCUT2D eigenvalue weighted by Gasteiger charge is -2.33. The lowest BCUT2D eigenvalue weighted by Crippen LogP contribution is -2.47. The molecule has 5 nitrogen and oxygen atoms in total. The van der Waals surface area contributed by atoms with Gasteiger partial charge in [0.2, 0.25) is 5.91 Å². The minimum absolute atomic E-state index is 0.0402. The molecule has 1 saturated heterocycles. The van der Waals surface area contributed by atoms with E-state index >= 15 is 0 Å². The maximum absolute atomic E-state index is 12.1. The Hall–Kier alpha value is -1.10. The van der Waals surface area contributed by atoms with E-state index in [1.165, 1.54) is 0 Å². The summed E-state index contributed by atoms with van der Waals surface area (Å²) >= 11 is 0. The largest absolute Gasteiger partial charge is 0.369 e. The standard InChI is InChI=1S/C13H24N2O3/c1-9(2)8-18-10(3)13(17)15-6-4-5-11(7-15)12(14)16/h9-11H,4-8H2,1-3H3,(H2,14,16)/t10-,11+/m1/s1. The van der Waals surface area contributed by atoms with Gasteiger partial charge in [0.25, 0.3) is 5.91 Å². The van der Waals surface area contributed by atoms with Crippen molar-refractivity contribution in [2.24, 2.45) is 17.6 Å². The molecule has 104 valence electrons. The van der Waals surface area contributed by atoms with Gasteiger partial charge < -0.3 is 15.4 Å². The number of primary amides is 1. The summed E-state index contributed by atoms with van der Waals surface area (Å²) in [5.74, 6) is -0.162. The highest BCUT2D eigenvalue weighted by molar-refractivity contribution is 5.82. The molecule has 1 aliphatic heterocycles. The summed E-state index contributed by atoms with van der Waals surface area (Å²) < 4.78 is 5.51. The Balaban J connectivity index is 2.47. The van der Waals surface area contributed by atoms with Gasteiger partial charge in [-0.3, -0.25) is 9.59 Å². The van der Waals surface area contributed by atoms with Crippen LogP contribution < -0.4 is 5.73 Å². The van der Waals surface area contributed by atoms with E-state index < -0.39 is 6.10 Å². The van der Waals surface area contributed by atoms with Crippen molar-refractivity contribution in [1.29, 1.82) is 0 Å². The van der Waals surface area contributed by atoms with Crippen LogP contribution in [0.2, 0.25) is 0 Å². The van der Waals surface area contributed by atoms with E-state index in [0.717, 1.165) is 12.8 Å². The third kappa shape index (κ3) is 4.29. The minimum Gasteiger partial charge on any atom is -0.369 e. The summed E-state index contributed by atoms with van der Waals surface area (Å²) in [6.45, 7) is 7.54. The number of rotatable bonds is 5. The summed E-state index contributed by atoms with van der Waals surface area (Å²) in [5.41, 5.74) is 5.30. The van der Waals surface area contributed by atoms with E-state index in [1.54, 1.807) is 11.8 Å². The second kappa shape index (κ2) is 6.73. The molecule has 0 bridgehead atoms. The maximum Gasteiger partial charge on any atom is 0.251 e. The van der Waals surface area contributed by atoms with Crippen LogP contribution in [-0.2, 0) is 14.3 Å². The zero-order chi connectivity index (χ0) is 13.7. The Labute approximate surface area is 109 Å². The van der Waals surface area contributed by atoms with Crippen LogP contribution in [0.25, 0.3) is 0 Å². The van der Waals surface area contributed by atoms with Gasteiger partial charge in [0.15, 0.2) is 0 Å². The predicted molar refractivity (Wildman–Crippen MR) is 68.8 cm³/mol. The summed E-state index contributed by atoms with van der Waals surface area (Å²) in [6, 6.07) is 0. The Morgan fingerprint density at radius 3 is 2.61 bits per heavy atom. The SMILES string of the molecule is CC(C)CO[C@H](C)C(=O)N1CCC[C@H](C(N)=O)C1. The molecule has 0 spiro atoms. The molecule has 1 rings (SSSR count). The summed E-state index contributed by atoms with van der Waals surface area (Å²) in [7, 11) is 0. The molecule has 18 heavy (non-hydrogen) atoms. The Bertz CT molecular complexity index is 305. The summed E-state index contributed by atoms with van der Waals surface area (Å²) in [5, 5.41) is 0. The average molecular weight is 256 g/mol. The average Bonchev–Trinajstić information content (AvgIpc) is 2.35. The number of nitrogens with zero attached hydrogens (tertiary/aromatic N) is 1. The Kier molecular flexibility index (Phi) is 5.59. The molecule has 1 aliphatic rings. The van der Waals surface area contributed by atoms with Gasteiger partial charge in [0, 0.05) is 19.7 Å². The third-order valence-corrected chi connectivity index (χ3v) is 3.16. The molecule has 0 radical (unpaired) electrons. The van der Waals surface area contributed by atoms with Crippen molar-refractivity contribution in [3.05, 3.63) is 0 Å². The van der Waals surface area contributed by atoms with E-state index in [2.05, 4.69) is 0 Å². The zero-order valence-electron chi connectivity index (χ0n) is 11.5. The van der Waals surface area contributed by atoms with Gasteiger partial charge in [0.1, 0.15) is 6.10 Å². The van der Waals surface area contributed by atoms with Gasteiger partial charge in [0.05, 0.1) is 5.92 Å². The Morgan fingerprint density at radius 2 is 2.06 bits per heavy atom. The van der Waals surface area contributed by atoms with Crippen LogP contribution in [-0.4, -0.2) is 42.5 Å². The van der Waals surface area contributed by atoms with Crippen molar-refractivity contribution in [3.63, 3.8) is 0 Å². The fourth-order valence-corrected chi connectivity index (χ4v) is 2.07. The molecule has 0 unspecified atom stereocenters. The van der Waals surface area contributed by atoms with E-state index in [9.17, 15) is 9.59 Å². The number of likely N-dealkylation sites (tertiary alicyclic amines) is 1. The van der Waals surface area contributed by atoms with Crippen molar-refractivity contribution in [2.45, 2.75) is 39.7 Å². The first-order valence-corrected chi connectivity index (χ1v) is 6.61. The van der Waals surface area contributed by atoms with Gasteiger partial charge in [-0.05, 0) is 25.7 Å². The predicted octanol–water partition coefficient (Wildman–Crippen LogP) is 0.771. The highest BCUT2D eigenvalue weighted by Gasteiger charge is 2.29. The first-order valence-electron chi connectivity index (χ1n) is 6.61. The fourth-order valence-electron chi connectivity index (χ4n) is 2.07. The minimum atomic E-state index is -0.445. The number of amides is 2. The third-order valence-electron chi connectivity index (χ3n) is 3.16. The fraction of sp³-hybridized carbons (Fsp3) is 0.846. The number of nitrogens with two attached hydrogens (primary N) is 1. The molecular formula is C13H24N2O3. The van der Waals surface area contributed by atoms with Crippen molar-refractivity contribution in [2.75, 3.05) is 19.7 Å². The van der Waals surface area contributed by atoms with Gasteiger partial charge in [-0.2, -0.15) is 0 Å². The second-order valence-corrected chi connectivity index (χ2v) is 5.40. The summed E-state index contributed by atoms with van der Waals surface area (Å²) in [4.78, 5) is 25.0. The normalized spacial score (nSPS) is 22.0. The zero-order valence-corrected chi connectivity index (χ0v) is 11.5. The highest BCUT2D eigenvalue weighted by Crippen LogP contribution is 2.17. The van der Waals surface area contributed by atoms with Gasteiger partial charge in [-0.25, -0.2) is 0 Å². The lowest BCUT2D eigenvalue weighted by molar-refractivity contribution is -0.146. The van der Waals surface area contributed by atoms with E-state index in [-0.39, 0.29) is 17.7 Å². The van der Waals surface area contributed by atoms with Crippen LogP contribution in [0, 0.1) is 11.8 Å². The van der Waals surface area contributed by atoms with Gasteiger partial charge in [-0.1, -0.05) is 13.8 Å². The molecule has 0 aromatic heterocycles. The maximum atomic E-state index is 12.1. The number of hydrogen-bond acceptors (Lipinski definition) is 3. The van der Waals surface area contributed by atoms with E-state index in [1.807, 2.05) is 13.8 Å². The van der Waals surface area contributed by atoms with Gasteiger partial charge in [-0.15, -0.1) is 0 Å². The molecule has 5 heteroatoms. The Morgan fingerprint density at radius 1 is 1.39 bits per heavy atom. The smallest absolute Gasteiger partial charge is 0.251 e. The topological polar surface area (TPSA) is 72.6 Å². The molecule has 2 amide bonds. The first-order chi connectivity index (χ1) is 8.41. The highest BCUT2D eigenvalue weighted by atomic mass is 16.5. The molecule has 0 aromatic carbocycles. The second-order valence-electron chi connectivity index (χ2n) is 5.40. The summed E-state index contributed by atoms with van der Waals surface area (Å²) in [6.07, 6.45) is 1.16. The van der Waals surface area contributed by atoms with Crippen LogP contribution in [0.15, 0.2) is 0 Å². The van der Waals surface area contributed by atoms with Crippen molar-refractivity contribution in [3.8, 4) is 0 Å². The number of piperidine rings is 1. The molecular weight excluding hydrogens is 232 g/mol. The van der Waals surface area contributed by atoms with Crippen molar-refractivity contribution in [1.82, 2.24) is 4.90 Å². The van der Waals surface area contributed by atoms with Crippen molar-refractivity contribution < 1.29 is 14.3 Å². The first kappa shape index (κ1) is 15.0. The van der Waals surface area contributed by atoms with Crippen LogP contribution >= 0.6 is 0 Å². The lowest BCUT2D eigenvalue weighted by atomic mass is 9.97. The molecule has 2 N–H and O–H groups in total. The quantitative estimate of drug-likeness (QED) is 0.789. The van der Waals surface area contributed by atoms with Crippen LogP contribution in [0.4, 0.5) is 0 Å². The number of ether oxygens (including phenoxy) is 1. The van der Waals surface area contributed by atoms with Crippen LogP contribution in [0.1, 0.15) is 33.6 Å². The van der Waals surface area contributed by atoms with Gasteiger partial charge >= 0.3 is 0 Å². The number of hydrogen-bond donors (Lipinski definition) is 1. The molecule has 1 fully saturated rings. The number of carbonyl (C=O) groups excluding carboxylic acids is 2.